The van der Waals surface area contributed by atoms with E-state index in [1.807, 2.05) is 36.4 Å². The molecule has 0 fully saturated rings. The number of halogens is 3. The summed E-state index contributed by atoms with van der Waals surface area (Å²) in [7, 11) is 1.51. The van der Waals surface area contributed by atoms with Gasteiger partial charge in [-0.3, -0.25) is 0 Å². The second kappa shape index (κ2) is 10.4. The van der Waals surface area contributed by atoms with Crippen molar-refractivity contribution in [1.29, 1.82) is 5.26 Å². The van der Waals surface area contributed by atoms with Crippen molar-refractivity contribution in [3.8, 4) is 22.9 Å². The highest BCUT2D eigenvalue weighted by molar-refractivity contribution is 6.43. The summed E-state index contributed by atoms with van der Waals surface area (Å²) < 4.78 is 25.8. The summed E-state index contributed by atoms with van der Waals surface area (Å²) in [5.74, 6) is -1.42. The number of benzene rings is 3. The number of carbonyl (C=O) groups excluding carboxylic acids is 1. The molecular formula is C24H18Cl2FNO3. The normalized spacial score (nSPS) is 11.6. The number of rotatable bonds is 8. The molecule has 0 saturated carbocycles. The molecule has 31 heavy (non-hydrogen) atoms. The van der Waals surface area contributed by atoms with Crippen LogP contribution in [0.15, 0.2) is 54.6 Å². The summed E-state index contributed by atoms with van der Waals surface area (Å²) >= 11 is 12.8. The molecule has 4 nitrogen and oxygen atoms in total. The van der Waals surface area contributed by atoms with E-state index in [0.29, 0.717) is 5.56 Å². The van der Waals surface area contributed by atoms with Crippen LogP contribution in [0.3, 0.4) is 0 Å². The van der Waals surface area contributed by atoms with Gasteiger partial charge in [-0.1, -0.05) is 53.5 Å². The quantitative estimate of drug-likeness (QED) is 0.306. The maximum atomic E-state index is 15.4. The zero-order valence-electron chi connectivity index (χ0n) is 16.6. The van der Waals surface area contributed by atoms with Gasteiger partial charge in [0.1, 0.15) is 12.9 Å². The molecular weight excluding hydrogens is 440 g/mol. The molecule has 0 N–H and O–H groups in total. The minimum Gasteiger partial charge on any atom is -0.488 e. The molecule has 3 aromatic rings. The van der Waals surface area contributed by atoms with Crippen LogP contribution in [-0.4, -0.2) is 26.6 Å². The first-order valence-corrected chi connectivity index (χ1v) is 10.1. The number of nitrogens with zero attached hydrogens (tertiary/aromatic N) is 1. The minimum atomic E-state index is -0.743. The molecule has 0 aliphatic rings. The molecule has 0 aromatic heterocycles. The fourth-order valence-electron chi connectivity index (χ4n) is 3.24. The number of carbonyl (C=O) groups is 1. The first kappa shape index (κ1) is 22.8. The van der Waals surface area contributed by atoms with Crippen molar-refractivity contribution in [2.45, 2.75) is 5.92 Å². The minimum absolute atomic E-state index is 0.0381. The second-order valence-electron chi connectivity index (χ2n) is 6.64. The number of ether oxygens (including phenoxy) is 2. The zero-order valence-corrected chi connectivity index (χ0v) is 18.1. The molecule has 3 aromatic carbocycles. The van der Waals surface area contributed by atoms with E-state index in [0.717, 1.165) is 11.8 Å². The van der Waals surface area contributed by atoms with Crippen LogP contribution in [0.5, 0.6) is 5.75 Å². The van der Waals surface area contributed by atoms with Crippen LogP contribution in [-0.2, 0) is 9.53 Å². The van der Waals surface area contributed by atoms with E-state index in [4.69, 9.17) is 32.7 Å². The van der Waals surface area contributed by atoms with Crippen LogP contribution in [0.4, 0.5) is 4.39 Å². The fourth-order valence-corrected chi connectivity index (χ4v) is 3.67. The largest absolute Gasteiger partial charge is 0.488 e. The summed E-state index contributed by atoms with van der Waals surface area (Å²) in [6.45, 7) is 0.406. The lowest BCUT2D eigenvalue weighted by Gasteiger charge is -2.17. The molecule has 1 atom stereocenters. The summed E-state index contributed by atoms with van der Waals surface area (Å²) in [5, 5.41) is 9.78. The Kier molecular flexibility index (Phi) is 7.64. The Balaban J connectivity index is 2.18. The van der Waals surface area contributed by atoms with Crippen molar-refractivity contribution >= 4 is 29.5 Å². The molecule has 1 unspecified atom stereocenters. The highest BCUT2D eigenvalue weighted by Crippen LogP contribution is 2.42. The van der Waals surface area contributed by atoms with E-state index in [2.05, 4.69) is 0 Å². The molecule has 0 bridgehead atoms. The molecule has 0 aliphatic heterocycles. The molecule has 0 amide bonds. The van der Waals surface area contributed by atoms with E-state index < -0.39 is 11.7 Å². The number of methoxy groups -OCH3 is 1. The number of aldehydes is 1. The Hall–Kier alpha value is -2.91. The lowest BCUT2D eigenvalue weighted by atomic mass is 9.89. The van der Waals surface area contributed by atoms with E-state index in [1.165, 1.54) is 19.2 Å². The molecule has 158 valence electrons. The van der Waals surface area contributed by atoms with Crippen molar-refractivity contribution in [3.63, 3.8) is 0 Å². The molecule has 0 heterocycles. The fraction of sp³-hybridized carbons (Fsp3) is 0.167. The monoisotopic (exact) mass is 457 g/mol. The van der Waals surface area contributed by atoms with E-state index in [9.17, 15) is 10.1 Å². The second-order valence-corrected chi connectivity index (χ2v) is 7.43. The summed E-state index contributed by atoms with van der Waals surface area (Å²) in [5.41, 5.74) is 1.51. The van der Waals surface area contributed by atoms with Gasteiger partial charge in [0.05, 0.1) is 34.2 Å². The van der Waals surface area contributed by atoms with Gasteiger partial charge in [-0.15, -0.1) is 0 Å². The summed E-state index contributed by atoms with van der Waals surface area (Å²) in [6, 6.07) is 17.1. The average Bonchev–Trinajstić information content (AvgIpc) is 2.78. The highest BCUT2D eigenvalue weighted by Gasteiger charge is 2.23. The maximum absolute atomic E-state index is 15.4. The van der Waals surface area contributed by atoms with Crippen molar-refractivity contribution in [1.82, 2.24) is 0 Å². The zero-order chi connectivity index (χ0) is 22.4. The lowest BCUT2D eigenvalue weighted by molar-refractivity contribution is -0.108. The van der Waals surface area contributed by atoms with Gasteiger partial charge in [0.25, 0.3) is 0 Å². The Morgan fingerprint density at radius 1 is 1.10 bits per heavy atom. The maximum Gasteiger partial charge on any atom is 0.174 e. The Morgan fingerprint density at radius 2 is 1.84 bits per heavy atom. The predicted molar refractivity (Wildman–Crippen MR) is 118 cm³/mol. The smallest absolute Gasteiger partial charge is 0.174 e. The molecule has 0 radical (unpaired) electrons. The summed E-state index contributed by atoms with van der Waals surface area (Å²) in [4.78, 5) is 11.9. The van der Waals surface area contributed by atoms with Gasteiger partial charge in [-0.05, 0) is 35.4 Å². The topological polar surface area (TPSA) is 59.3 Å². The molecule has 7 heteroatoms. The van der Waals surface area contributed by atoms with Gasteiger partial charge in [0.15, 0.2) is 11.6 Å². The van der Waals surface area contributed by atoms with Crippen LogP contribution >= 0.6 is 23.2 Å². The summed E-state index contributed by atoms with van der Waals surface area (Å²) in [6.07, 6.45) is 0.782. The SMILES string of the molecule is COCCOc1ccc(C#N)c(-c2cc(C(C=O)c3ccccc3)cc(Cl)c2Cl)c1F. The molecule has 0 aliphatic carbocycles. The van der Waals surface area contributed by atoms with Crippen LogP contribution in [0, 0.1) is 17.1 Å². The van der Waals surface area contributed by atoms with Gasteiger partial charge in [-0.25, -0.2) is 4.39 Å². The van der Waals surface area contributed by atoms with Gasteiger partial charge >= 0.3 is 0 Å². The number of nitriles is 1. The third-order valence-electron chi connectivity index (χ3n) is 4.75. The molecule has 0 saturated heterocycles. The number of hydrogen-bond donors (Lipinski definition) is 0. The lowest BCUT2D eigenvalue weighted by Crippen LogP contribution is -2.07. The van der Waals surface area contributed by atoms with Gasteiger partial charge in [0, 0.05) is 18.2 Å². The highest BCUT2D eigenvalue weighted by atomic mass is 35.5. The van der Waals surface area contributed by atoms with E-state index in [1.54, 1.807) is 12.1 Å². The Morgan fingerprint density at radius 3 is 2.48 bits per heavy atom. The van der Waals surface area contributed by atoms with Gasteiger partial charge in [-0.2, -0.15) is 5.26 Å². The first-order chi connectivity index (χ1) is 15.0. The van der Waals surface area contributed by atoms with Crippen LogP contribution < -0.4 is 4.74 Å². The predicted octanol–water partition coefficient (Wildman–Crippen LogP) is 6.03. The van der Waals surface area contributed by atoms with Crippen molar-refractivity contribution in [2.75, 3.05) is 20.3 Å². The first-order valence-electron chi connectivity index (χ1n) is 9.35. The number of hydrogen-bond acceptors (Lipinski definition) is 4. The third kappa shape index (κ3) is 4.88. The van der Waals surface area contributed by atoms with Crippen LogP contribution in [0.1, 0.15) is 22.6 Å². The molecule has 0 spiro atoms. The van der Waals surface area contributed by atoms with Gasteiger partial charge < -0.3 is 14.3 Å². The van der Waals surface area contributed by atoms with E-state index >= 15 is 4.39 Å². The standard InChI is InChI=1S/C24H18Cl2FNO3/c1-30-9-10-31-21-8-7-16(13-28)22(24(21)27)18-11-17(12-20(25)23(18)26)19(14-29)15-5-3-2-4-6-15/h2-8,11-12,14,19H,9-10H2,1H3. The van der Waals surface area contributed by atoms with E-state index in [-0.39, 0.29) is 45.7 Å². The van der Waals surface area contributed by atoms with Crippen molar-refractivity contribution < 1.29 is 18.7 Å². The van der Waals surface area contributed by atoms with Crippen molar-refractivity contribution in [3.05, 3.63) is 87.2 Å². The van der Waals surface area contributed by atoms with Crippen molar-refractivity contribution in [2.24, 2.45) is 0 Å². The van der Waals surface area contributed by atoms with Gasteiger partial charge in [0.2, 0.25) is 0 Å². The Bertz CT molecular complexity index is 1130. The molecule has 3 rings (SSSR count). The average molecular weight is 458 g/mol. The van der Waals surface area contributed by atoms with Crippen LogP contribution in [0.25, 0.3) is 11.1 Å². The third-order valence-corrected chi connectivity index (χ3v) is 5.55. The van der Waals surface area contributed by atoms with Crippen LogP contribution in [0.2, 0.25) is 10.0 Å². The Labute approximate surface area is 189 Å².